The van der Waals surface area contributed by atoms with E-state index >= 15 is 0 Å². The number of aryl methyl sites for hydroxylation is 1. The topological polar surface area (TPSA) is 119 Å². The lowest BCUT2D eigenvalue weighted by Gasteiger charge is -2.31. The zero-order valence-electron chi connectivity index (χ0n) is 11.7. The van der Waals surface area contributed by atoms with E-state index in [2.05, 4.69) is 4.98 Å². The predicted molar refractivity (Wildman–Crippen MR) is 68.1 cm³/mol. The van der Waals surface area contributed by atoms with Crippen LogP contribution in [-0.2, 0) is 16.1 Å². The third kappa shape index (κ3) is 2.92. The maximum atomic E-state index is 12.0. The van der Waals surface area contributed by atoms with Gasteiger partial charge in [0.25, 0.3) is 0 Å². The number of carbonyl (C=O) groups excluding carboxylic acids is 1. The van der Waals surface area contributed by atoms with Gasteiger partial charge in [0.1, 0.15) is 18.3 Å². The summed E-state index contributed by atoms with van der Waals surface area (Å²) in [5.41, 5.74) is -1.36. The zero-order chi connectivity index (χ0) is 15.7. The van der Waals surface area contributed by atoms with Crippen molar-refractivity contribution >= 4 is 17.7 Å². The number of carboxylic acids is 1. The highest BCUT2D eigenvalue weighted by atomic mass is 16.6. The molecule has 1 aromatic heterocycles. The van der Waals surface area contributed by atoms with Gasteiger partial charge in [-0.1, -0.05) is 0 Å². The van der Waals surface area contributed by atoms with Crippen LogP contribution in [0.2, 0.25) is 0 Å². The molecule has 0 bridgehead atoms. The molecule has 1 rings (SSSR count). The molecule has 0 spiro atoms. The van der Waals surface area contributed by atoms with Gasteiger partial charge in [-0.05, 0) is 23.8 Å². The van der Waals surface area contributed by atoms with Gasteiger partial charge in [-0.15, -0.1) is 0 Å². The van der Waals surface area contributed by atoms with E-state index in [4.69, 9.17) is 5.11 Å². The molecule has 0 aliphatic carbocycles. The van der Waals surface area contributed by atoms with E-state index < -0.39 is 22.3 Å². The molecule has 0 aromatic carbocycles. The first kappa shape index (κ1) is 15.6. The Morgan fingerprint density at radius 2 is 2.10 bits per heavy atom. The van der Waals surface area contributed by atoms with E-state index in [0.717, 1.165) is 11.1 Å². The van der Waals surface area contributed by atoms with Crippen molar-refractivity contribution in [1.82, 2.24) is 14.5 Å². The highest BCUT2D eigenvalue weighted by Gasteiger charge is 2.35. The fraction of sp³-hybridized carbons (Fsp3) is 0.545. The van der Waals surface area contributed by atoms with Crippen LogP contribution < -0.4 is 0 Å². The summed E-state index contributed by atoms with van der Waals surface area (Å²) in [5, 5.41) is 19.6. The molecule has 0 saturated carbocycles. The quantitative estimate of drug-likeness (QED) is 0.618. The molecule has 0 radical (unpaired) electrons. The smallest absolute Gasteiger partial charge is 0.381 e. The Morgan fingerprint density at radius 1 is 1.55 bits per heavy atom. The van der Waals surface area contributed by atoms with Crippen LogP contribution in [0.4, 0.5) is 5.82 Å². The van der Waals surface area contributed by atoms with Gasteiger partial charge in [0, 0.05) is 14.0 Å². The minimum absolute atomic E-state index is 0.208. The van der Waals surface area contributed by atoms with E-state index in [-0.39, 0.29) is 12.4 Å². The summed E-state index contributed by atoms with van der Waals surface area (Å²) in [6.07, 6.45) is 1.15. The van der Waals surface area contributed by atoms with Crippen molar-refractivity contribution in [2.45, 2.75) is 32.9 Å². The number of carboxylic acid groups (broad SMARTS) is 1. The Balaban J connectivity index is 2.91. The summed E-state index contributed by atoms with van der Waals surface area (Å²) in [5.74, 6) is -1.66. The number of rotatable bonds is 5. The van der Waals surface area contributed by atoms with Gasteiger partial charge in [-0.25, -0.2) is 4.79 Å². The normalized spacial score (nSPS) is 11.2. The maximum Gasteiger partial charge on any atom is 0.381 e. The van der Waals surface area contributed by atoms with E-state index in [1.165, 1.54) is 32.4 Å². The Labute approximate surface area is 115 Å². The monoisotopic (exact) mass is 284 g/mol. The first-order valence-electron chi connectivity index (χ1n) is 5.75. The minimum atomic E-state index is -1.36. The molecule has 9 nitrogen and oxygen atoms in total. The van der Waals surface area contributed by atoms with Gasteiger partial charge in [0.2, 0.25) is 11.7 Å². The second-order valence-electron chi connectivity index (χ2n) is 4.85. The Hall–Kier alpha value is -2.45. The lowest BCUT2D eigenvalue weighted by molar-refractivity contribution is -0.389. The van der Waals surface area contributed by atoms with Crippen molar-refractivity contribution in [3.63, 3.8) is 0 Å². The molecule has 0 saturated heterocycles. The number of amides is 1. The van der Waals surface area contributed by atoms with Crippen LogP contribution in [0.25, 0.3) is 0 Å². The zero-order valence-corrected chi connectivity index (χ0v) is 11.7. The van der Waals surface area contributed by atoms with Gasteiger partial charge in [-0.2, -0.15) is 0 Å². The number of likely N-dealkylation sites (N-methyl/N-ethyl adjacent to an activating group) is 1. The number of hydrogen-bond acceptors (Lipinski definition) is 5. The fourth-order valence-electron chi connectivity index (χ4n) is 1.45. The van der Waals surface area contributed by atoms with Crippen LogP contribution in [0.1, 0.15) is 19.7 Å². The first-order valence-corrected chi connectivity index (χ1v) is 5.75. The van der Waals surface area contributed by atoms with Crippen LogP contribution in [0.15, 0.2) is 6.20 Å². The van der Waals surface area contributed by atoms with Crippen LogP contribution >= 0.6 is 0 Å². The van der Waals surface area contributed by atoms with Crippen LogP contribution in [0.5, 0.6) is 0 Å². The summed E-state index contributed by atoms with van der Waals surface area (Å²) in [6.45, 7) is 4.12. The van der Waals surface area contributed by atoms with Gasteiger partial charge in [0.15, 0.2) is 0 Å². The Bertz CT molecular complexity index is 563. The van der Waals surface area contributed by atoms with E-state index in [1.54, 1.807) is 0 Å². The average molecular weight is 284 g/mol. The lowest BCUT2D eigenvalue weighted by Crippen LogP contribution is -2.51. The third-order valence-corrected chi connectivity index (χ3v) is 3.19. The van der Waals surface area contributed by atoms with Gasteiger partial charge in [0.05, 0.1) is 0 Å². The first-order chi connectivity index (χ1) is 9.07. The number of hydrogen-bond donors (Lipinski definition) is 1. The number of aromatic nitrogens is 2. The SMILES string of the molecule is Cc1nc([N+](=O)[O-])cn1CC(=O)N(C)C(C)(C)C(=O)O. The fourth-order valence-corrected chi connectivity index (χ4v) is 1.45. The molecule has 0 fully saturated rings. The second-order valence-corrected chi connectivity index (χ2v) is 4.85. The van der Waals surface area contributed by atoms with E-state index in [9.17, 15) is 19.7 Å². The molecular weight excluding hydrogens is 268 g/mol. The van der Waals surface area contributed by atoms with Crippen molar-refractivity contribution < 1.29 is 19.6 Å². The predicted octanol–water partition coefficient (Wildman–Crippen LogP) is 0.421. The minimum Gasteiger partial charge on any atom is -0.480 e. The van der Waals surface area contributed by atoms with Crippen LogP contribution in [0, 0.1) is 17.0 Å². The summed E-state index contributed by atoms with van der Waals surface area (Å²) >= 11 is 0. The molecule has 9 heteroatoms. The second kappa shape index (κ2) is 5.27. The van der Waals surface area contributed by atoms with Gasteiger partial charge >= 0.3 is 11.8 Å². The van der Waals surface area contributed by atoms with Gasteiger partial charge in [-0.3, -0.25) is 9.36 Å². The largest absolute Gasteiger partial charge is 0.480 e. The number of nitro groups is 1. The van der Waals surface area contributed by atoms with Gasteiger partial charge < -0.3 is 20.1 Å². The summed E-state index contributed by atoms with van der Waals surface area (Å²) in [4.78, 5) is 37.8. The summed E-state index contributed by atoms with van der Waals surface area (Å²) in [6, 6.07) is 0. The van der Waals surface area contributed by atoms with Crippen molar-refractivity contribution in [1.29, 1.82) is 0 Å². The number of nitrogens with zero attached hydrogens (tertiary/aromatic N) is 4. The number of carbonyl (C=O) groups is 2. The van der Waals surface area contributed by atoms with E-state index in [0.29, 0.717) is 5.82 Å². The molecular formula is C11H16N4O5. The number of aliphatic carboxylic acids is 1. The van der Waals surface area contributed by atoms with Crippen molar-refractivity contribution in [2.24, 2.45) is 0 Å². The van der Waals surface area contributed by atoms with Crippen molar-refractivity contribution in [3.8, 4) is 0 Å². The molecule has 1 amide bonds. The Kier molecular flexibility index (Phi) is 4.11. The molecule has 20 heavy (non-hydrogen) atoms. The highest BCUT2D eigenvalue weighted by molar-refractivity contribution is 5.86. The van der Waals surface area contributed by atoms with Crippen molar-refractivity contribution in [2.75, 3.05) is 7.05 Å². The molecule has 0 aliphatic rings. The molecule has 0 atom stereocenters. The molecule has 1 heterocycles. The summed E-state index contributed by atoms with van der Waals surface area (Å²) in [7, 11) is 1.37. The maximum absolute atomic E-state index is 12.0. The standard InChI is InChI=1S/C11H16N4O5/c1-7-12-8(15(19)20)5-14(7)6-9(16)13(4)11(2,3)10(17)18/h5H,6H2,1-4H3,(H,17,18). The summed E-state index contributed by atoms with van der Waals surface area (Å²) < 4.78 is 1.31. The van der Waals surface area contributed by atoms with Crippen LogP contribution in [-0.4, -0.2) is 48.9 Å². The third-order valence-electron chi connectivity index (χ3n) is 3.19. The highest BCUT2D eigenvalue weighted by Crippen LogP contribution is 2.15. The molecule has 1 N–H and O–H groups in total. The molecule has 1 aromatic rings. The van der Waals surface area contributed by atoms with E-state index in [1.807, 2.05) is 0 Å². The van der Waals surface area contributed by atoms with Crippen molar-refractivity contribution in [3.05, 3.63) is 22.1 Å². The molecule has 0 unspecified atom stereocenters. The van der Waals surface area contributed by atoms with Crippen LogP contribution in [0.3, 0.4) is 0 Å². The molecule has 0 aliphatic heterocycles. The molecule has 110 valence electrons. The average Bonchev–Trinajstić information content (AvgIpc) is 2.69. The lowest BCUT2D eigenvalue weighted by atomic mass is 10.0. The Morgan fingerprint density at radius 3 is 2.50 bits per heavy atom. The number of imidazole rings is 1.